The number of aromatic amines is 1. The summed E-state index contributed by atoms with van der Waals surface area (Å²) in [5.74, 6) is 2.87. The third-order valence-electron chi connectivity index (χ3n) is 4.43. The molecule has 0 spiro atoms. The van der Waals surface area contributed by atoms with E-state index >= 15 is 0 Å². The Hall–Kier alpha value is -2.27. The molecule has 2 N–H and O–H groups in total. The van der Waals surface area contributed by atoms with E-state index in [9.17, 15) is 0 Å². The van der Waals surface area contributed by atoms with Crippen molar-refractivity contribution >= 4 is 5.82 Å². The fourth-order valence-corrected chi connectivity index (χ4v) is 3.18. The lowest BCUT2D eigenvalue weighted by atomic mass is 10.1. The molecule has 0 unspecified atom stereocenters. The van der Waals surface area contributed by atoms with Crippen molar-refractivity contribution in [3.63, 3.8) is 0 Å². The normalized spacial score (nSPS) is 15.5. The molecule has 0 radical (unpaired) electrons. The molecule has 1 saturated heterocycles. The van der Waals surface area contributed by atoms with Crippen LogP contribution < -0.4 is 24.3 Å². The number of hydrogen-bond acceptors (Lipinski definition) is 3. The van der Waals surface area contributed by atoms with Gasteiger partial charge in [0.25, 0.3) is 5.82 Å². The minimum Gasteiger partial charge on any atom is -0.493 e. The second kappa shape index (κ2) is 7.33. The highest BCUT2D eigenvalue weighted by Gasteiger charge is 2.26. The lowest BCUT2D eigenvalue weighted by Crippen LogP contribution is -3.13. The van der Waals surface area contributed by atoms with Crippen LogP contribution in [0.25, 0.3) is 0 Å². The van der Waals surface area contributed by atoms with E-state index in [1.54, 1.807) is 19.1 Å². The third-order valence-corrected chi connectivity index (χ3v) is 4.43. The van der Waals surface area contributed by atoms with Crippen molar-refractivity contribution in [3.8, 4) is 11.5 Å². The zero-order valence-corrected chi connectivity index (χ0v) is 13.8. The van der Waals surface area contributed by atoms with Crippen LogP contribution in [0.15, 0.2) is 42.6 Å². The molecule has 1 aliphatic heterocycles. The summed E-state index contributed by atoms with van der Waals surface area (Å²) in [4.78, 5) is 7.30. The van der Waals surface area contributed by atoms with Gasteiger partial charge in [0.1, 0.15) is 32.7 Å². The number of rotatable bonds is 5. The van der Waals surface area contributed by atoms with Crippen LogP contribution in [0.4, 0.5) is 5.82 Å². The van der Waals surface area contributed by atoms with Gasteiger partial charge in [-0.2, -0.15) is 0 Å². The minimum atomic E-state index is 0.807. The van der Waals surface area contributed by atoms with Crippen molar-refractivity contribution in [2.75, 3.05) is 45.3 Å². The van der Waals surface area contributed by atoms with Crippen LogP contribution in [-0.4, -0.2) is 40.4 Å². The Morgan fingerprint density at radius 2 is 1.87 bits per heavy atom. The quantitative estimate of drug-likeness (QED) is 0.869. The molecular formula is C18H25N3O2+2. The van der Waals surface area contributed by atoms with Gasteiger partial charge in [-0.1, -0.05) is 12.1 Å². The Morgan fingerprint density at radius 1 is 1.04 bits per heavy atom. The van der Waals surface area contributed by atoms with Gasteiger partial charge in [-0.05, 0) is 18.2 Å². The molecule has 0 saturated carbocycles. The second-order valence-electron chi connectivity index (χ2n) is 5.81. The molecule has 1 aromatic carbocycles. The summed E-state index contributed by atoms with van der Waals surface area (Å²) in [7, 11) is 3.39. The number of ether oxygens (including phenoxy) is 2. The summed E-state index contributed by atoms with van der Waals surface area (Å²) in [5.41, 5.74) is 1.21. The van der Waals surface area contributed by atoms with Gasteiger partial charge in [0.05, 0.1) is 26.0 Å². The molecular weight excluding hydrogens is 290 g/mol. The molecule has 0 atom stereocenters. The SMILES string of the molecule is COc1cccc(C[NH+]2CCN(c3cccc[nH+]3)CC2)c1OC. The van der Waals surface area contributed by atoms with Gasteiger partial charge in [0, 0.05) is 6.07 Å². The van der Waals surface area contributed by atoms with Gasteiger partial charge in [-0.15, -0.1) is 0 Å². The zero-order chi connectivity index (χ0) is 16.1. The zero-order valence-electron chi connectivity index (χ0n) is 13.8. The largest absolute Gasteiger partial charge is 0.493 e. The number of piperazine rings is 1. The molecule has 23 heavy (non-hydrogen) atoms. The van der Waals surface area contributed by atoms with Crippen LogP contribution in [0.2, 0.25) is 0 Å². The van der Waals surface area contributed by atoms with Crippen LogP contribution >= 0.6 is 0 Å². The highest BCUT2D eigenvalue weighted by atomic mass is 16.5. The van der Waals surface area contributed by atoms with Gasteiger partial charge in [-0.25, -0.2) is 4.98 Å². The van der Waals surface area contributed by atoms with Gasteiger partial charge >= 0.3 is 0 Å². The number of hydrogen-bond donors (Lipinski definition) is 1. The van der Waals surface area contributed by atoms with Crippen molar-refractivity contribution in [1.29, 1.82) is 0 Å². The lowest BCUT2D eigenvalue weighted by molar-refractivity contribution is -0.914. The number of methoxy groups -OCH3 is 2. The van der Waals surface area contributed by atoms with E-state index in [2.05, 4.69) is 28.1 Å². The molecule has 5 nitrogen and oxygen atoms in total. The van der Waals surface area contributed by atoms with Gasteiger partial charge in [-0.3, -0.25) is 4.90 Å². The number of H-pyrrole nitrogens is 1. The van der Waals surface area contributed by atoms with Crippen LogP contribution in [0, 0.1) is 0 Å². The molecule has 0 aliphatic carbocycles. The summed E-state index contributed by atoms with van der Waals surface area (Å²) >= 11 is 0. The smallest absolute Gasteiger partial charge is 0.274 e. The third kappa shape index (κ3) is 3.56. The number of benzene rings is 1. The number of para-hydroxylation sites is 1. The Labute approximate surface area is 137 Å². The Balaban J connectivity index is 1.63. The van der Waals surface area contributed by atoms with E-state index in [0.29, 0.717) is 0 Å². The summed E-state index contributed by atoms with van der Waals surface area (Å²) in [5, 5.41) is 0. The number of nitrogens with zero attached hydrogens (tertiary/aromatic N) is 1. The van der Waals surface area contributed by atoms with Gasteiger partial charge in [0.15, 0.2) is 11.5 Å². The van der Waals surface area contributed by atoms with Crippen molar-refractivity contribution < 1.29 is 19.4 Å². The molecule has 122 valence electrons. The maximum atomic E-state index is 5.55. The highest BCUT2D eigenvalue weighted by Crippen LogP contribution is 2.30. The Morgan fingerprint density at radius 3 is 2.52 bits per heavy atom. The molecule has 3 rings (SSSR count). The summed E-state index contributed by atoms with van der Waals surface area (Å²) in [6, 6.07) is 12.3. The van der Waals surface area contributed by atoms with Crippen molar-refractivity contribution in [3.05, 3.63) is 48.2 Å². The van der Waals surface area contributed by atoms with Crippen LogP contribution in [0.5, 0.6) is 11.5 Å². The highest BCUT2D eigenvalue weighted by molar-refractivity contribution is 5.46. The van der Waals surface area contributed by atoms with Crippen LogP contribution in [0.1, 0.15) is 5.56 Å². The first-order valence-corrected chi connectivity index (χ1v) is 8.07. The summed E-state index contributed by atoms with van der Waals surface area (Å²) in [6.45, 7) is 5.31. The molecule has 1 aliphatic rings. The van der Waals surface area contributed by atoms with Crippen molar-refractivity contribution in [2.24, 2.45) is 0 Å². The molecule has 2 heterocycles. The van der Waals surface area contributed by atoms with E-state index in [4.69, 9.17) is 9.47 Å². The molecule has 0 amide bonds. The van der Waals surface area contributed by atoms with E-state index in [1.165, 1.54) is 11.4 Å². The predicted octanol–water partition coefficient (Wildman–Crippen LogP) is 0.423. The first kappa shape index (κ1) is 15.6. The van der Waals surface area contributed by atoms with Crippen LogP contribution in [0.3, 0.4) is 0 Å². The van der Waals surface area contributed by atoms with E-state index in [1.807, 2.05) is 24.4 Å². The molecule has 1 aromatic heterocycles. The summed E-state index contributed by atoms with van der Waals surface area (Å²) in [6.07, 6.45) is 1.98. The van der Waals surface area contributed by atoms with Crippen molar-refractivity contribution in [2.45, 2.75) is 6.54 Å². The fraction of sp³-hybridized carbons (Fsp3) is 0.389. The standard InChI is InChI=1S/C18H23N3O2/c1-22-16-7-5-6-15(18(16)23-2)14-20-10-12-21(13-11-20)17-8-3-4-9-19-17/h3-9H,10-14H2,1-2H3/p+2. The maximum Gasteiger partial charge on any atom is 0.274 e. The first-order valence-electron chi connectivity index (χ1n) is 8.07. The van der Waals surface area contributed by atoms with E-state index in [0.717, 1.165) is 44.2 Å². The Bertz CT molecular complexity index is 625. The molecule has 5 heteroatoms. The molecule has 1 fully saturated rings. The number of anilines is 1. The Kier molecular flexibility index (Phi) is 4.98. The number of aromatic nitrogens is 1. The number of quaternary nitrogens is 1. The van der Waals surface area contributed by atoms with E-state index in [-0.39, 0.29) is 0 Å². The molecule has 2 aromatic rings. The van der Waals surface area contributed by atoms with E-state index < -0.39 is 0 Å². The lowest BCUT2D eigenvalue weighted by Gasteiger charge is -2.28. The minimum absolute atomic E-state index is 0.807. The topological polar surface area (TPSA) is 40.3 Å². The number of pyridine rings is 1. The first-order chi connectivity index (χ1) is 11.3. The predicted molar refractivity (Wildman–Crippen MR) is 89.2 cm³/mol. The average Bonchev–Trinajstić information content (AvgIpc) is 2.63. The van der Waals surface area contributed by atoms with Gasteiger partial charge < -0.3 is 14.4 Å². The fourth-order valence-electron chi connectivity index (χ4n) is 3.18. The molecule has 0 bridgehead atoms. The second-order valence-corrected chi connectivity index (χ2v) is 5.81. The average molecular weight is 315 g/mol. The number of nitrogens with one attached hydrogen (secondary N) is 2. The monoisotopic (exact) mass is 315 g/mol. The van der Waals surface area contributed by atoms with Crippen molar-refractivity contribution in [1.82, 2.24) is 0 Å². The summed E-state index contributed by atoms with van der Waals surface area (Å²) < 4.78 is 10.9. The van der Waals surface area contributed by atoms with Gasteiger partial charge in [0.2, 0.25) is 0 Å². The maximum absolute atomic E-state index is 5.55. The van der Waals surface area contributed by atoms with Crippen LogP contribution in [-0.2, 0) is 6.54 Å².